The molecule has 2 aromatic carbocycles. The zero-order chi connectivity index (χ0) is 14.7. The highest BCUT2D eigenvalue weighted by molar-refractivity contribution is 7.22. The summed E-state index contributed by atoms with van der Waals surface area (Å²) in [4.78, 5) is 4.65. The highest BCUT2D eigenvalue weighted by Crippen LogP contribution is 2.33. The van der Waals surface area contributed by atoms with Crippen LogP contribution in [0.3, 0.4) is 0 Å². The summed E-state index contributed by atoms with van der Waals surface area (Å²) in [6, 6.07) is 13.9. The van der Waals surface area contributed by atoms with Gasteiger partial charge in [0, 0.05) is 12.6 Å². The van der Waals surface area contributed by atoms with Crippen LogP contribution in [0.15, 0.2) is 42.5 Å². The number of fused-ring (bicyclic) bond motifs is 1. The first-order valence-corrected chi connectivity index (χ1v) is 7.96. The van der Waals surface area contributed by atoms with E-state index in [-0.39, 0.29) is 0 Å². The number of para-hydroxylation sites is 1. The van der Waals surface area contributed by atoms with Crippen molar-refractivity contribution in [2.24, 2.45) is 0 Å². The van der Waals surface area contributed by atoms with Crippen molar-refractivity contribution in [3.05, 3.63) is 48.0 Å². The van der Waals surface area contributed by atoms with Crippen molar-refractivity contribution in [1.29, 1.82) is 0 Å². The normalized spacial score (nSPS) is 10.8. The Balaban J connectivity index is 1.91. The minimum atomic E-state index is 0.852. The summed E-state index contributed by atoms with van der Waals surface area (Å²) in [5, 5.41) is 4.33. The Bertz CT molecular complexity index is 737. The summed E-state index contributed by atoms with van der Waals surface area (Å²) in [6.45, 7) is 5.17. The number of aromatic nitrogens is 1. The van der Waals surface area contributed by atoms with E-state index >= 15 is 0 Å². The van der Waals surface area contributed by atoms with Crippen molar-refractivity contribution >= 4 is 26.7 Å². The monoisotopic (exact) mass is 298 g/mol. The fourth-order valence-corrected chi connectivity index (χ4v) is 3.15. The van der Waals surface area contributed by atoms with E-state index in [1.54, 1.807) is 11.3 Å². The molecule has 0 unspecified atom stereocenters. The van der Waals surface area contributed by atoms with Crippen LogP contribution < -0.4 is 10.1 Å². The number of aryl methyl sites for hydroxylation is 1. The van der Waals surface area contributed by atoms with Gasteiger partial charge in [0.05, 0.1) is 10.2 Å². The van der Waals surface area contributed by atoms with Crippen molar-refractivity contribution in [2.75, 3.05) is 11.9 Å². The minimum absolute atomic E-state index is 0.852. The van der Waals surface area contributed by atoms with Gasteiger partial charge in [-0.25, -0.2) is 4.98 Å². The quantitative estimate of drug-likeness (QED) is 0.701. The van der Waals surface area contributed by atoms with Gasteiger partial charge in [-0.15, -0.1) is 0 Å². The molecule has 0 aliphatic heterocycles. The number of ether oxygens (including phenoxy) is 1. The SMILES string of the molecule is CCCNc1nc2c(C)cc(Oc3ccccc3)cc2s1. The lowest BCUT2D eigenvalue weighted by atomic mass is 10.2. The van der Waals surface area contributed by atoms with E-state index < -0.39 is 0 Å². The van der Waals surface area contributed by atoms with Crippen LogP contribution in [0.5, 0.6) is 11.5 Å². The predicted octanol–water partition coefficient (Wildman–Crippen LogP) is 5.22. The third-order valence-corrected chi connectivity index (χ3v) is 4.12. The Morgan fingerprint density at radius 1 is 1.14 bits per heavy atom. The van der Waals surface area contributed by atoms with Crippen LogP contribution in [0.25, 0.3) is 10.2 Å². The molecule has 108 valence electrons. The Morgan fingerprint density at radius 3 is 2.71 bits per heavy atom. The second-order valence-electron chi connectivity index (χ2n) is 4.95. The van der Waals surface area contributed by atoms with Crippen LogP contribution in [0.2, 0.25) is 0 Å². The molecular formula is C17H18N2OS. The predicted molar refractivity (Wildman–Crippen MR) is 89.7 cm³/mol. The maximum atomic E-state index is 5.92. The Morgan fingerprint density at radius 2 is 1.95 bits per heavy atom. The van der Waals surface area contributed by atoms with Crippen LogP contribution >= 0.6 is 11.3 Å². The standard InChI is InChI=1S/C17H18N2OS/c1-3-9-18-17-19-16-12(2)10-14(11-15(16)21-17)20-13-7-5-4-6-8-13/h4-8,10-11H,3,9H2,1-2H3,(H,18,19). The maximum absolute atomic E-state index is 5.92. The molecule has 1 N–H and O–H groups in total. The summed E-state index contributed by atoms with van der Waals surface area (Å²) in [5.41, 5.74) is 2.19. The lowest BCUT2D eigenvalue weighted by molar-refractivity contribution is 0.483. The molecular weight excluding hydrogens is 280 g/mol. The number of benzene rings is 2. The summed E-state index contributed by atoms with van der Waals surface area (Å²) in [7, 11) is 0. The van der Waals surface area contributed by atoms with Gasteiger partial charge >= 0.3 is 0 Å². The molecule has 3 nitrogen and oxygen atoms in total. The molecule has 1 heterocycles. The first-order chi connectivity index (χ1) is 10.3. The summed E-state index contributed by atoms with van der Waals surface area (Å²) in [6.07, 6.45) is 1.09. The topological polar surface area (TPSA) is 34.2 Å². The molecule has 0 spiro atoms. The molecule has 3 aromatic rings. The van der Waals surface area contributed by atoms with Crippen molar-refractivity contribution in [3.63, 3.8) is 0 Å². The third-order valence-electron chi connectivity index (χ3n) is 3.16. The molecule has 1 aromatic heterocycles. The zero-order valence-electron chi connectivity index (χ0n) is 12.2. The summed E-state index contributed by atoms with van der Waals surface area (Å²) < 4.78 is 7.07. The van der Waals surface area contributed by atoms with Gasteiger partial charge in [-0.05, 0) is 37.1 Å². The molecule has 0 amide bonds. The van der Waals surface area contributed by atoms with E-state index in [1.807, 2.05) is 36.4 Å². The van der Waals surface area contributed by atoms with Gasteiger partial charge < -0.3 is 10.1 Å². The van der Waals surface area contributed by atoms with Crippen molar-refractivity contribution in [3.8, 4) is 11.5 Å². The van der Waals surface area contributed by atoms with E-state index in [0.717, 1.165) is 45.4 Å². The fourth-order valence-electron chi connectivity index (χ4n) is 2.16. The molecule has 0 radical (unpaired) electrons. The van der Waals surface area contributed by atoms with Gasteiger partial charge in [0.25, 0.3) is 0 Å². The Kier molecular flexibility index (Phi) is 4.06. The molecule has 0 atom stereocenters. The number of hydrogen-bond donors (Lipinski definition) is 1. The molecule has 0 fully saturated rings. The number of nitrogens with zero attached hydrogens (tertiary/aromatic N) is 1. The Hall–Kier alpha value is -2.07. The largest absolute Gasteiger partial charge is 0.457 e. The fraction of sp³-hybridized carbons (Fsp3) is 0.235. The van der Waals surface area contributed by atoms with E-state index in [9.17, 15) is 0 Å². The highest BCUT2D eigenvalue weighted by atomic mass is 32.1. The van der Waals surface area contributed by atoms with Crippen LogP contribution in [0.1, 0.15) is 18.9 Å². The molecule has 3 rings (SSSR count). The molecule has 0 saturated carbocycles. The molecule has 4 heteroatoms. The number of hydrogen-bond acceptors (Lipinski definition) is 4. The van der Waals surface area contributed by atoms with Crippen molar-refractivity contribution in [2.45, 2.75) is 20.3 Å². The number of nitrogens with one attached hydrogen (secondary N) is 1. The van der Waals surface area contributed by atoms with E-state index in [2.05, 4.69) is 30.2 Å². The summed E-state index contributed by atoms with van der Waals surface area (Å²) in [5.74, 6) is 1.71. The van der Waals surface area contributed by atoms with Crippen LogP contribution in [0, 0.1) is 6.92 Å². The second-order valence-corrected chi connectivity index (χ2v) is 5.98. The maximum Gasteiger partial charge on any atom is 0.183 e. The molecule has 0 saturated heterocycles. The highest BCUT2D eigenvalue weighted by Gasteiger charge is 2.09. The van der Waals surface area contributed by atoms with Crippen LogP contribution in [-0.4, -0.2) is 11.5 Å². The first-order valence-electron chi connectivity index (χ1n) is 7.14. The number of thiazole rings is 1. The van der Waals surface area contributed by atoms with E-state index in [0.29, 0.717) is 0 Å². The average molecular weight is 298 g/mol. The van der Waals surface area contributed by atoms with Crippen LogP contribution in [-0.2, 0) is 0 Å². The number of rotatable bonds is 5. The van der Waals surface area contributed by atoms with Crippen LogP contribution in [0.4, 0.5) is 5.13 Å². The minimum Gasteiger partial charge on any atom is -0.457 e. The van der Waals surface area contributed by atoms with E-state index in [4.69, 9.17) is 4.74 Å². The van der Waals surface area contributed by atoms with Crippen molar-refractivity contribution in [1.82, 2.24) is 4.98 Å². The van der Waals surface area contributed by atoms with Crippen molar-refractivity contribution < 1.29 is 4.74 Å². The van der Waals surface area contributed by atoms with Gasteiger partial charge in [-0.3, -0.25) is 0 Å². The smallest absolute Gasteiger partial charge is 0.183 e. The van der Waals surface area contributed by atoms with Gasteiger partial charge in [-0.1, -0.05) is 36.5 Å². The first kappa shape index (κ1) is 13.9. The van der Waals surface area contributed by atoms with Gasteiger partial charge in [0.1, 0.15) is 11.5 Å². The van der Waals surface area contributed by atoms with E-state index in [1.165, 1.54) is 0 Å². The van der Waals surface area contributed by atoms with Gasteiger partial charge in [0.2, 0.25) is 0 Å². The van der Waals surface area contributed by atoms with Gasteiger partial charge in [-0.2, -0.15) is 0 Å². The van der Waals surface area contributed by atoms with Gasteiger partial charge in [0.15, 0.2) is 5.13 Å². The Labute approximate surface area is 128 Å². The lowest BCUT2D eigenvalue weighted by Gasteiger charge is -2.06. The average Bonchev–Trinajstić information content (AvgIpc) is 2.90. The molecule has 21 heavy (non-hydrogen) atoms. The zero-order valence-corrected chi connectivity index (χ0v) is 13.0. The lowest BCUT2D eigenvalue weighted by Crippen LogP contribution is -1.98. The molecule has 0 bridgehead atoms. The second kappa shape index (κ2) is 6.14. The molecule has 0 aliphatic rings. The molecule has 0 aliphatic carbocycles. The summed E-state index contributed by atoms with van der Waals surface area (Å²) >= 11 is 1.67. The number of anilines is 1. The third kappa shape index (κ3) is 3.16.